The molecule has 1 heterocycles. The van der Waals surface area contributed by atoms with Crippen LogP contribution in [0.5, 0.6) is 5.95 Å². The molecule has 9 heteroatoms. The van der Waals surface area contributed by atoms with Crippen molar-refractivity contribution in [3.63, 3.8) is 0 Å². The standard InChI is InChI=1S/C16H20Cl2O7/c1-6-22-12(19)8(13(20)23-7-2)11-9(17)10(18)14(24-11)25-15(21)16(3,4)5/h8H,6-7H2,1-5H3. The second-order valence-corrected chi connectivity index (χ2v) is 6.71. The van der Waals surface area contributed by atoms with Crippen molar-refractivity contribution in [2.24, 2.45) is 5.41 Å². The van der Waals surface area contributed by atoms with Crippen molar-refractivity contribution >= 4 is 41.1 Å². The summed E-state index contributed by atoms with van der Waals surface area (Å²) < 4.78 is 20.1. The Kier molecular flexibility index (Phi) is 7.31. The molecule has 0 aromatic carbocycles. The molecule has 1 rings (SSSR count). The topological polar surface area (TPSA) is 92.0 Å². The van der Waals surface area contributed by atoms with Gasteiger partial charge in [0.05, 0.1) is 18.6 Å². The summed E-state index contributed by atoms with van der Waals surface area (Å²) in [6, 6.07) is 0. The highest BCUT2D eigenvalue weighted by molar-refractivity contribution is 6.43. The number of carbonyl (C=O) groups excluding carboxylic acids is 3. The maximum Gasteiger partial charge on any atom is 0.328 e. The molecule has 0 bridgehead atoms. The van der Waals surface area contributed by atoms with Crippen molar-refractivity contribution in [3.8, 4) is 5.95 Å². The van der Waals surface area contributed by atoms with E-state index in [9.17, 15) is 14.4 Å². The quantitative estimate of drug-likeness (QED) is 0.535. The first kappa shape index (κ1) is 21.3. The van der Waals surface area contributed by atoms with Crippen LogP contribution in [0.4, 0.5) is 0 Å². The van der Waals surface area contributed by atoms with Gasteiger partial charge in [-0.15, -0.1) is 0 Å². The van der Waals surface area contributed by atoms with Crippen LogP contribution in [-0.4, -0.2) is 31.1 Å². The number of carbonyl (C=O) groups is 3. The van der Waals surface area contributed by atoms with E-state index in [1.807, 2.05) is 0 Å². The number of rotatable bonds is 6. The molecule has 0 saturated carbocycles. The highest BCUT2D eigenvalue weighted by Gasteiger charge is 2.39. The van der Waals surface area contributed by atoms with Crippen LogP contribution in [0.3, 0.4) is 0 Å². The fourth-order valence-corrected chi connectivity index (χ4v) is 2.03. The molecule has 140 valence electrons. The molecule has 0 radical (unpaired) electrons. The normalized spacial score (nSPS) is 11.4. The summed E-state index contributed by atoms with van der Waals surface area (Å²) in [7, 11) is 0. The van der Waals surface area contributed by atoms with Gasteiger partial charge >= 0.3 is 23.9 Å². The number of esters is 3. The SMILES string of the molecule is CCOC(=O)C(C(=O)OCC)c1oc(OC(=O)C(C)(C)C)c(Cl)c1Cl. The van der Waals surface area contributed by atoms with Crippen molar-refractivity contribution in [1.82, 2.24) is 0 Å². The molecule has 0 saturated heterocycles. The Labute approximate surface area is 155 Å². The second-order valence-electron chi connectivity index (χ2n) is 5.96. The van der Waals surface area contributed by atoms with E-state index in [2.05, 4.69) is 0 Å². The Morgan fingerprint density at radius 2 is 1.48 bits per heavy atom. The molecule has 0 amide bonds. The average Bonchev–Trinajstić information content (AvgIpc) is 2.76. The zero-order valence-electron chi connectivity index (χ0n) is 14.6. The predicted octanol–water partition coefficient (Wildman–Crippen LogP) is 3.75. The molecular weight excluding hydrogens is 375 g/mol. The van der Waals surface area contributed by atoms with Crippen molar-refractivity contribution in [2.45, 2.75) is 40.5 Å². The minimum Gasteiger partial charge on any atom is -0.465 e. The minimum absolute atomic E-state index is 0.0344. The Morgan fingerprint density at radius 3 is 1.88 bits per heavy atom. The molecule has 0 aliphatic carbocycles. The van der Waals surface area contributed by atoms with Crippen molar-refractivity contribution in [1.29, 1.82) is 0 Å². The molecule has 0 aliphatic rings. The molecular formula is C16H20Cl2O7. The van der Waals surface area contributed by atoms with E-state index in [4.69, 9.17) is 41.8 Å². The first-order valence-electron chi connectivity index (χ1n) is 7.57. The Morgan fingerprint density at radius 1 is 1.00 bits per heavy atom. The van der Waals surface area contributed by atoms with Crippen LogP contribution in [-0.2, 0) is 23.9 Å². The van der Waals surface area contributed by atoms with E-state index in [-0.39, 0.29) is 29.0 Å². The van der Waals surface area contributed by atoms with Crippen molar-refractivity contribution < 1.29 is 33.0 Å². The van der Waals surface area contributed by atoms with Gasteiger partial charge in [-0.05, 0) is 34.6 Å². The highest BCUT2D eigenvalue weighted by Crippen LogP contribution is 2.42. The van der Waals surface area contributed by atoms with Gasteiger partial charge in [-0.25, -0.2) is 0 Å². The summed E-state index contributed by atoms with van der Waals surface area (Å²) in [6.07, 6.45) is 0. The van der Waals surface area contributed by atoms with Crippen LogP contribution in [0.25, 0.3) is 0 Å². The van der Waals surface area contributed by atoms with E-state index in [0.29, 0.717) is 0 Å². The average molecular weight is 395 g/mol. The largest absolute Gasteiger partial charge is 0.465 e. The van der Waals surface area contributed by atoms with E-state index < -0.39 is 35.2 Å². The molecule has 0 unspecified atom stereocenters. The third-order valence-electron chi connectivity index (χ3n) is 2.90. The zero-order chi connectivity index (χ0) is 19.4. The van der Waals surface area contributed by atoms with Gasteiger partial charge < -0.3 is 18.6 Å². The summed E-state index contributed by atoms with van der Waals surface area (Å²) in [5, 5.41) is -0.461. The molecule has 0 spiro atoms. The zero-order valence-corrected chi connectivity index (χ0v) is 16.1. The van der Waals surface area contributed by atoms with Crippen LogP contribution in [0.1, 0.15) is 46.3 Å². The van der Waals surface area contributed by atoms with Crippen LogP contribution >= 0.6 is 23.2 Å². The first-order chi connectivity index (χ1) is 11.5. The Hall–Kier alpha value is -1.73. The van der Waals surface area contributed by atoms with Crippen molar-refractivity contribution in [2.75, 3.05) is 13.2 Å². The summed E-state index contributed by atoms with van der Waals surface area (Å²) in [6.45, 7) is 8.12. The van der Waals surface area contributed by atoms with Crippen LogP contribution < -0.4 is 4.74 Å². The van der Waals surface area contributed by atoms with E-state index >= 15 is 0 Å². The molecule has 0 N–H and O–H groups in total. The number of ether oxygens (including phenoxy) is 3. The van der Waals surface area contributed by atoms with Crippen LogP contribution in [0.2, 0.25) is 10.0 Å². The number of furan rings is 1. The lowest BCUT2D eigenvalue weighted by Gasteiger charge is -2.15. The van der Waals surface area contributed by atoms with Gasteiger partial charge in [-0.1, -0.05) is 23.2 Å². The summed E-state index contributed by atoms with van der Waals surface area (Å²) >= 11 is 12.1. The van der Waals surface area contributed by atoms with Crippen LogP contribution in [0, 0.1) is 5.41 Å². The van der Waals surface area contributed by atoms with Gasteiger partial charge in [0, 0.05) is 0 Å². The molecule has 0 fully saturated rings. The number of hydrogen-bond donors (Lipinski definition) is 0. The fraction of sp³-hybridized carbons (Fsp3) is 0.562. The smallest absolute Gasteiger partial charge is 0.328 e. The molecule has 1 aromatic rings. The summed E-state index contributed by atoms with van der Waals surface area (Å²) in [4.78, 5) is 36.2. The van der Waals surface area contributed by atoms with Crippen LogP contribution in [0.15, 0.2) is 4.42 Å². The van der Waals surface area contributed by atoms with E-state index in [1.54, 1.807) is 34.6 Å². The summed E-state index contributed by atoms with van der Waals surface area (Å²) in [5.74, 6) is -4.74. The van der Waals surface area contributed by atoms with Gasteiger partial charge in [0.15, 0.2) is 5.76 Å². The maximum absolute atomic E-state index is 12.1. The Bertz CT molecular complexity index is 640. The highest BCUT2D eigenvalue weighted by atomic mass is 35.5. The van der Waals surface area contributed by atoms with Gasteiger partial charge in [-0.2, -0.15) is 0 Å². The second kappa shape index (κ2) is 8.58. The van der Waals surface area contributed by atoms with E-state index in [0.717, 1.165) is 0 Å². The number of halogens is 2. The summed E-state index contributed by atoms with van der Waals surface area (Å²) in [5.41, 5.74) is -0.829. The lowest BCUT2D eigenvalue weighted by atomic mass is 9.97. The van der Waals surface area contributed by atoms with Crippen molar-refractivity contribution in [3.05, 3.63) is 15.8 Å². The maximum atomic E-state index is 12.1. The third kappa shape index (κ3) is 5.12. The third-order valence-corrected chi connectivity index (χ3v) is 3.71. The van der Waals surface area contributed by atoms with Gasteiger partial charge in [-0.3, -0.25) is 14.4 Å². The first-order valence-corrected chi connectivity index (χ1v) is 8.33. The van der Waals surface area contributed by atoms with Gasteiger partial charge in [0.25, 0.3) is 0 Å². The fourth-order valence-electron chi connectivity index (χ4n) is 1.64. The Balaban J connectivity index is 3.28. The molecule has 1 aromatic heterocycles. The monoisotopic (exact) mass is 394 g/mol. The molecule has 0 atom stereocenters. The minimum atomic E-state index is -1.58. The van der Waals surface area contributed by atoms with E-state index in [1.165, 1.54) is 0 Å². The predicted molar refractivity (Wildman–Crippen MR) is 89.8 cm³/mol. The van der Waals surface area contributed by atoms with Gasteiger partial charge in [0.2, 0.25) is 5.92 Å². The number of hydrogen-bond acceptors (Lipinski definition) is 7. The lowest BCUT2D eigenvalue weighted by molar-refractivity contribution is -0.157. The molecule has 25 heavy (non-hydrogen) atoms. The lowest BCUT2D eigenvalue weighted by Crippen LogP contribution is -2.26. The molecule has 0 aliphatic heterocycles. The van der Waals surface area contributed by atoms with Gasteiger partial charge in [0.1, 0.15) is 10.0 Å². The molecule has 7 nitrogen and oxygen atoms in total.